The largest absolute Gasteiger partial charge is 0.324 e. The van der Waals surface area contributed by atoms with E-state index >= 15 is 0 Å². The van der Waals surface area contributed by atoms with Crippen LogP contribution >= 0.6 is 11.6 Å². The topological polar surface area (TPSA) is 50.7 Å². The molecule has 3 rings (SSSR count). The highest BCUT2D eigenvalue weighted by molar-refractivity contribution is 6.31. The molecule has 18 heavy (non-hydrogen) atoms. The van der Waals surface area contributed by atoms with Crippen LogP contribution in [0.2, 0.25) is 5.02 Å². The van der Waals surface area contributed by atoms with E-state index in [9.17, 15) is 0 Å². The highest BCUT2D eigenvalue weighted by atomic mass is 35.5. The number of benzene rings is 1. The van der Waals surface area contributed by atoms with Gasteiger partial charge in [-0.3, -0.25) is 0 Å². The Morgan fingerprint density at radius 1 is 1.00 bits per heavy atom. The number of anilines is 2. The van der Waals surface area contributed by atoms with Crippen molar-refractivity contribution in [2.24, 2.45) is 0 Å². The summed E-state index contributed by atoms with van der Waals surface area (Å²) in [5.74, 6) is 0.517. The fourth-order valence-electron chi connectivity index (χ4n) is 1.61. The number of halogens is 1. The minimum atomic E-state index is 0.517. The molecule has 0 aliphatic carbocycles. The number of nitrogens with zero attached hydrogens (tertiary/aromatic N) is 3. The van der Waals surface area contributed by atoms with Crippen molar-refractivity contribution in [3.8, 4) is 0 Å². The number of para-hydroxylation sites is 1. The normalized spacial score (nSPS) is 10.5. The molecule has 2 heterocycles. The summed E-state index contributed by atoms with van der Waals surface area (Å²) in [5.41, 5.74) is 1.55. The number of aromatic nitrogens is 3. The minimum absolute atomic E-state index is 0.517. The van der Waals surface area contributed by atoms with Crippen molar-refractivity contribution in [3.05, 3.63) is 53.8 Å². The van der Waals surface area contributed by atoms with Gasteiger partial charge in [-0.15, -0.1) is 0 Å². The first-order chi connectivity index (χ1) is 8.81. The van der Waals surface area contributed by atoms with Crippen LogP contribution < -0.4 is 5.32 Å². The molecule has 0 aliphatic rings. The van der Waals surface area contributed by atoms with E-state index in [1.165, 1.54) is 0 Å². The molecule has 1 N–H and O–H groups in total. The average molecular weight is 257 g/mol. The standard InChI is InChI=1S/C13H9ClN4/c14-10-6-9-7-16-13(18-12(9)15-8-10)17-11-4-2-1-3-5-11/h1-8H,(H,15,16,17,18). The Bertz CT molecular complexity index is 685. The first-order valence-corrected chi connectivity index (χ1v) is 5.79. The summed E-state index contributed by atoms with van der Waals surface area (Å²) >= 11 is 5.85. The molecular formula is C13H9ClN4. The van der Waals surface area contributed by atoms with Gasteiger partial charge in [0.25, 0.3) is 0 Å². The summed E-state index contributed by atoms with van der Waals surface area (Å²) in [6.45, 7) is 0. The van der Waals surface area contributed by atoms with E-state index in [1.807, 2.05) is 30.3 Å². The van der Waals surface area contributed by atoms with Crippen LogP contribution in [0.15, 0.2) is 48.8 Å². The third kappa shape index (κ3) is 2.24. The van der Waals surface area contributed by atoms with E-state index in [-0.39, 0.29) is 0 Å². The van der Waals surface area contributed by atoms with Crippen molar-refractivity contribution in [2.45, 2.75) is 0 Å². The second kappa shape index (κ2) is 4.58. The van der Waals surface area contributed by atoms with Gasteiger partial charge < -0.3 is 5.32 Å². The Morgan fingerprint density at radius 3 is 2.67 bits per heavy atom. The van der Waals surface area contributed by atoms with Crippen LogP contribution in [0.1, 0.15) is 0 Å². The lowest BCUT2D eigenvalue weighted by molar-refractivity contribution is 1.18. The Hall–Kier alpha value is -2.20. The van der Waals surface area contributed by atoms with Gasteiger partial charge in [-0.1, -0.05) is 29.8 Å². The first kappa shape index (κ1) is 10.9. The third-order valence-electron chi connectivity index (χ3n) is 2.43. The Balaban J connectivity index is 1.96. The number of fused-ring (bicyclic) bond motifs is 1. The number of hydrogen-bond acceptors (Lipinski definition) is 4. The van der Waals surface area contributed by atoms with E-state index in [4.69, 9.17) is 11.6 Å². The highest BCUT2D eigenvalue weighted by Crippen LogP contribution is 2.17. The Labute approximate surface area is 109 Å². The average Bonchev–Trinajstić information content (AvgIpc) is 2.40. The first-order valence-electron chi connectivity index (χ1n) is 5.42. The van der Waals surface area contributed by atoms with Crippen molar-refractivity contribution >= 4 is 34.3 Å². The molecule has 0 saturated heterocycles. The predicted molar refractivity (Wildman–Crippen MR) is 72.1 cm³/mol. The van der Waals surface area contributed by atoms with Crippen molar-refractivity contribution in [3.63, 3.8) is 0 Å². The minimum Gasteiger partial charge on any atom is -0.324 e. The Kier molecular flexibility index (Phi) is 2.78. The maximum absolute atomic E-state index is 5.85. The van der Waals surface area contributed by atoms with Crippen LogP contribution in [0.25, 0.3) is 11.0 Å². The second-order valence-electron chi connectivity index (χ2n) is 3.75. The fourth-order valence-corrected chi connectivity index (χ4v) is 1.77. The lowest BCUT2D eigenvalue weighted by Gasteiger charge is -2.04. The molecule has 3 aromatic rings. The molecule has 0 fully saturated rings. The molecule has 88 valence electrons. The molecule has 4 nitrogen and oxygen atoms in total. The van der Waals surface area contributed by atoms with E-state index in [0.29, 0.717) is 16.6 Å². The van der Waals surface area contributed by atoms with Gasteiger partial charge in [0.2, 0.25) is 5.95 Å². The maximum Gasteiger partial charge on any atom is 0.229 e. The van der Waals surface area contributed by atoms with Gasteiger partial charge in [0.05, 0.1) is 5.02 Å². The quantitative estimate of drug-likeness (QED) is 0.763. The van der Waals surface area contributed by atoms with Crippen molar-refractivity contribution in [1.82, 2.24) is 15.0 Å². The molecule has 0 aliphatic heterocycles. The molecule has 0 saturated carbocycles. The maximum atomic E-state index is 5.85. The molecule has 0 radical (unpaired) electrons. The van der Waals surface area contributed by atoms with Gasteiger partial charge in [-0.05, 0) is 18.2 Å². The van der Waals surface area contributed by atoms with Crippen molar-refractivity contribution in [2.75, 3.05) is 5.32 Å². The fraction of sp³-hybridized carbons (Fsp3) is 0. The summed E-state index contributed by atoms with van der Waals surface area (Å²) in [7, 11) is 0. The third-order valence-corrected chi connectivity index (χ3v) is 2.64. The van der Waals surface area contributed by atoms with Crippen molar-refractivity contribution < 1.29 is 0 Å². The smallest absolute Gasteiger partial charge is 0.229 e. The van der Waals surface area contributed by atoms with Crippen molar-refractivity contribution in [1.29, 1.82) is 0 Å². The van der Waals surface area contributed by atoms with Gasteiger partial charge in [-0.2, -0.15) is 4.98 Å². The summed E-state index contributed by atoms with van der Waals surface area (Å²) < 4.78 is 0. The van der Waals surface area contributed by atoms with Gasteiger partial charge >= 0.3 is 0 Å². The van der Waals surface area contributed by atoms with Crippen LogP contribution in [0.5, 0.6) is 0 Å². The SMILES string of the molecule is Clc1cnc2nc(Nc3ccccc3)ncc2c1. The number of pyridine rings is 1. The van der Waals surface area contributed by atoms with Gasteiger partial charge in [0.15, 0.2) is 5.65 Å². The van der Waals surface area contributed by atoms with E-state index in [1.54, 1.807) is 18.5 Å². The van der Waals surface area contributed by atoms with Gasteiger partial charge in [0.1, 0.15) is 0 Å². The zero-order valence-electron chi connectivity index (χ0n) is 9.34. The zero-order chi connectivity index (χ0) is 12.4. The molecule has 1 aromatic carbocycles. The summed E-state index contributed by atoms with van der Waals surface area (Å²) in [6, 6.07) is 11.5. The molecule has 0 spiro atoms. The monoisotopic (exact) mass is 256 g/mol. The summed E-state index contributed by atoms with van der Waals surface area (Å²) in [5, 5.41) is 4.51. The molecule has 0 atom stereocenters. The van der Waals surface area contributed by atoms with Gasteiger partial charge in [0, 0.05) is 23.5 Å². The van der Waals surface area contributed by atoms with E-state index in [2.05, 4.69) is 20.3 Å². The van der Waals surface area contributed by atoms with E-state index in [0.717, 1.165) is 11.1 Å². The second-order valence-corrected chi connectivity index (χ2v) is 4.19. The van der Waals surface area contributed by atoms with Crippen LogP contribution in [-0.2, 0) is 0 Å². The molecule has 2 aromatic heterocycles. The molecule has 5 heteroatoms. The van der Waals surface area contributed by atoms with Crippen LogP contribution in [0.3, 0.4) is 0 Å². The molecule has 0 bridgehead atoms. The molecular weight excluding hydrogens is 248 g/mol. The van der Waals surface area contributed by atoms with Gasteiger partial charge in [-0.25, -0.2) is 9.97 Å². The predicted octanol–water partition coefficient (Wildman–Crippen LogP) is 3.42. The van der Waals surface area contributed by atoms with Crippen LogP contribution in [-0.4, -0.2) is 15.0 Å². The van der Waals surface area contributed by atoms with Crippen LogP contribution in [0, 0.1) is 0 Å². The molecule has 0 unspecified atom stereocenters. The lowest BCUT2D eigenvalue weighted by Crippen LogP contribution is -1.97. The van der Waals surface area contributed by atoms with E-state index < -0.39 is 0 Å². The highest BCUT2D eigenvalue weighted by Gasteiger charge is 2.02. The lowest BCUT2D eigenvalue weighted by atomic mass is 10.3. The van der Waals surface area contributed by atoms with Crippen LogP contribution in [0.4, 0.5) is 11.6 Å². The number of nitrogens with one attached hydrogen (secondary N) is 1. The zero-order valence-corrected chi connectivity index (χ0v) is 10.1. The summed E-state index contributed by atoms with van der Waals surface area (Å²) in [6.07, 6.45) is 3.27. The Morgan fingerprint density at radius 2 is 1.83 bits per heavy atom. The summed E-state index contributed by atoms with van der Waals surface area (Å²) in [4.78, 5) is 12.7. The number of rotatable bonds is 2. The molecule has 0 amide bonds. The number of hydrogen-bond donors (Lipinski definition) is 1.